The van der Waals surface area contributed by atoms with E-state index >= 15 is 0 Å². The standard InChI is InChI=1S/C12H14F2O4/c1-7(15)3-2-4-8-5-6-9-11(10(8)16)18-12(13,14)17-9/h5-7,15-16H,2-4H2,1H3/t7-/m0/s1. The van der Waals surface area contributed by atoms with Gasteiger partial charge in [0.2, 0.25) is 5.75 Å². The highest BCUT2D eigenvalue weighted by Gasteiger charge is 2.45. The zero-order valence-corrected chi connectivity index (χ0v) is 9.82. The molecular weight excluding hydrogens is 246 g/mol. The van der Waals surface area contributed by atoms with Crippen LogP contribution in [0.15, 0.2) is 12.1 Å². The van der Waals surface area contributed by atoms with Crippen LogP contribution in [0.4, 0.5) is 8.78 Å². The Morgan fingerprint density at radius 1 is 1.33 bits per heavy atom. The molecular formula is C12H14F2O4. The van der Waals surface area contributed by atoms with E-state index < -0.39 is 12.4 Å². The van der Waals surface area contributed by atoms with Crippen molar-refractivity contribution in [2.45, 2.75) is 38.6 Å². The summed E-state index contributed by atoms with van der Waals surface area (Å²) in [6.07, 6.45) is -2.46. The van der Waals surface area contributed by atoms with E-state index in [0.29, 0.717) is 24.8 Å². The fraction of sp³-hybridized carbons (Fsp3) is 0.500. The molecule has 1 heterocycles. The Labute approximate surface area is 103 Å². The molecule has 2 rings (SSSR count). The van der Waals surface area contributed by atoms with E-state index in [2.05, 4.69) is 9.47 Å². The molecule has 0 unspecified atom stereocenters. The van der Waals surface area contributed by atoms with Crippen LogP contribution in [0, 0.1) is 0 Å². The molecule has 0 fully saturated rings. The number of aromatic hydroxyl groups is 1. The molecule has 0 radical (unpaired) electrons. The number of rotatable bonds is 4. The van der Waals surface area contributed by atoms with Crippen LogP contribution in [0.1, 0.15) is 25.3 Å². The molecule has 4 nitrogen and oxygen atoms in total. The molecule has 0 spiro atoms. The maximum atomic E-state index is 12.8. The predicted octanol–water partition coefficient (Wildman–Crippen LogP) is 2.42. The monoisotopic (exact) mass is 260 g/mol. The van der Waals surface area contributed by atoms with E-state index in [1.54, 1.807) is 6.92 Å². The van der Waals surface area contributed by atoms with Crippen molar-refractivity contribution < 1.29 is 28.5 Å². The van der Waals surface area contributed by atoms with E-state index in [1.807, 2.05) is 0 Å². The van der Waals surface area contributed by atoms with Gasteiger partial charge < -0.3 is 19.7 Å². The zero-order chi connectivity index (χ0) is 13.3. The van der Waals surface area contributed by atoms with Gasteiger partial charge in [-0.15, -0.1) is 8.78 Å². The Balaban J connectivity index is 2.11. The second kappa shape index (κ2) is 4.61. The molecule has 0 saturated heterocycles. The zero-order valence-electron chi connectivity index (χ0n) is 9.82. The largest absolute Gasteiger partial charge is 0.586 e. The minimum Gasteiger partial charge on any atom is -0.504 e. The lowest BCUT2D eigenvalue weighted by Gasteiger charge is -2.08. The van der Waals surface area contributed by atoms with Crippen molar-refractivity contribution in [3.63, 3.8) is 0 Å². The van der Waals surface area contributed by atoms with Crippen LogP contribution < -0.4 is 9.47 Å². The van der Waals surface area contributed by atoms with Crippen molar-refractivity contribution >= 4 is 0 Å². The van der Waals surface area contributed by atoms with Crippen LogP contribution in [-0.4, -0.2) is 22.6 Å². The molecule has 0 amide bonds. The van der Waals surface area contributed by atoms with Gasteiger partial charge in [-0.1, -0.05) is 6.07 Å². The molecule has 0 saturated carbocycles. The molecule has 0 aromatic heterocycles. The highest BCUT2D eigenvalue weighted by atomic mass is 19.3. The van der Waals surface area contributed by atoms with Crippen LogP contribution in [-0.2, 0) is 6.42 Å². The SMILES string of the molecule is C[C@H](O)CCCc1ccc2c(c1O)OC(F)(F)O2. The molecule has 1 atom stereocenters. The molecule has 1 aliphatic rings. The van der Waals surface area contributed by atoms with E-state index in [-0.39, 0.29) is 17.2 Å². The van der Waals surface area contributed by atoms with Gasteiger partial charge in [0.25, 0.3) is 0 Å². The lowest BCUT2D eigenvalue weighted by atomic mass is 10.0. The number of hydrogen-bond donors (Lipinski definition) is 2. The van der Waals surface area contributed by atoms with Gasteiger partial charge in [-0.05, 0) is 37.8 Å². The van der Waals surface area contributed by atoms with Gasteiger partial charge in [-0.3, -0.25) is 0 Å². The minimum atomic E-state index is -3.72. The number of fused-ring (bicyclic) bond motifs is 1. The Hall–Kier alpha value is -1.56. The van der Waals surface area contributed by atoms with Crippen molar-refractivity contribution in [1.82, 2.24) is 0 Å². The van der Waals surface area contributed by atoms with Crippen LogP contribution in [0.2, 0.25) is 0 Å². The lowest BCUT2D eigenvalue weighted by Crippen LogP contribution is -2.25. The highest BCUT2D eigenvalue weighted by molar-refractivity contribution is 5.56. The second-order valence-corrected chi connectivity index (χ2v) is 4.31. The minimum absolute atomic E-state index is 0.170. The number of halogens is 2. The van der Waals surface area contributed by atoms with Crippen molar-refractivity contribution in [2.75, 3.05) is 0 Å². The third-order valence-corrected chi connectivity index (χ3v) is 2.70. The van der Waals surface area contributed by atoms with Crippen molar-refractivity contribution in [1.29, 1.82) is 0 Å². The summed E-state index contributed by atoms with van der Waals surface area (Å²) < 4.78 is 34.1. The second-order valence-electron chi connectivity index (χ2n) is 4.31. The van der Waals surface area contributed by atoms with Crippen LogP contribution in [0.3, 0.4) is 0 Å². The maximum Gasteiger partial charge on any atom is 0.586 e. The van der Waals surface area contributed by atoms with Gasteiger partial charge >= 0.3 is 6.29 Å². The smallest absolute Gasteiger partial charge is 0.504 e. The van der Waals surface area contributed by atoms with Gasteiger partial charge in [-0.2, -0.15) is 0 Å². The summed E-state index contributed by atoms with van der Waals surface area (Å²) in [5.74, 6) is -0.818. The molecule has 2 N–H and O–H groups in total. The molecule has 1 aromatic rings. The molecule has 0 bridgehead atoms. The third kappa shape index (κ3) is 2.64. The number of phenolic OH excluding ortho intramolecular Hbond substituents is 1. The summed E-state index contributed by atoms with van der Waals surface area (Å²) in [4.78, 5) is 0. The molecule has 1 aliphatic heterocycles. The van der Waals surface area contributed by atoms with Gasteiger partial charge in [0.1, 0.15) is 0 Å². The molecule has 1 aromatic carbocycles. The van der Waals surface area contributed by atoms with Crippen LogP contribution in [0.5, 0.6) is 17.2 Å². The summed E-state index contributed by atoms with van der Waals surface area (Å²) in [7, 11) is 0. The molecule has 100 valence electrons. The fourth-order valence-electron chi connectivity index (χ4n) is 1.83. The maximum absolute atomic E-state index is 12.8. The van der Waals surface area contributed by atoms with Gasteiger partial charge in [0.15, 0.2) is 11.5 Å². The van der Waals surface area contributed by atoms with Gasteiger partial charge in [-0.25, -0.2) is 0 Å². The number of aryl methyl sites for hydroxylation is 1. The summed E-state index contributed by atoms with van der Waals surface area (Å²) in [6.45, 7) is 1.67. The van der Waals surface area contributed by atoms with E-state index in [9.17, 15) is 13.9 Å². The average molecular weight is 260 g/mol. The molecule has 18 heavy (non-hydrogen) atoms. The van der Waals surface area contributed by atoms with Gasteiger partial charge in [0, 0.05) is 0 Å². The Bertz CT molecular complexity index is 446. The number of hydrogen-bond acceptors (Lipinski definition) is 4. The number of ether oxygens (including phenoxy) is 2. The van der Waals surface area contributed by atoms with E-state index in [1.165, 1.54) is 12.1 Å². The molecule has 0 aliphatic carbocycles. The lowest BCUT2D eigenvalue weighted by molar-refractivity contribution is -0.287. The summed E-state index contributed by atoms with van der Waals surface area (Å²) >= 11 is 0. The Kier molecular flexibility index (Phi) is 3.30. The van der Waals surface area contributed by atoms with Crippen LogP contribution >= 0.6 is 0 Å². The normalized spacial score (nSPS) is 17.8. The number of benzene rings is 1. The fourth-order valence-corrected chi connectivity index (χ4v) is 1.83. The quantitative estimate of drug-likeness (QED) is 0.872. The summed E-state index contributed by atoms with van der Waals surface area (Å²) in [6, 6.07) is 2.86. The van der Waals surface area contributed by atoms with Crippen molar-refractivity contribution in [3.8, 4) is 17.2 Å². The van der Waals surface area contributed by atoms with E-state index in [4.69, 9.17) is 5.11 Å². The van der Waals surface area contributed by atoms with Gasteiger partial charge in [0.05, 0.1) is 6.10 Å². The third-order valence-electron chi connectivity index (χ3n) is 2.70. The Morgan fingerprint density at radius 2 is 2.06 bits per heavy atom. The van der Waals surface area contributed by atoms with Crippen LogP contribution in [0.25, 0.3) is 0 Å². The average Bonchev–Trinajstić information content (AvgIpc) is 2.57. The molecule has 6 heteroatoms. The first-order chi connectivity index (χ1) is 8.39. The summed E-state index contributed by atoms with van der Waals surface area (Å²) in [5.41, 5.74) is 0.496. The first kappa shape index (κ1) is 12.9. The number of aliphatic hydroxyl groups is 1. The predicted molar refractivity (Wildman–Crippen MR) is 58.9 cm³/mol. The highest BCUT2D eigenvalue weighted by Crippen LogP contribution is 2.48. The number of aliphatic hydroxyl groups excluding tert-OH is 1. The van der Waals surface area contributed by atoms with Crippen molar-refractivity contribution in [2.24, 2.45) is 0 Å². The Morgan fingerprint density at radius 3 is 2.72 bits per heavy atom. The topological polar surface area (TPSA) is 58.9 Å². The van der Waals surface area contributed by atoms with E-state index in [0.717, 1.165) is 0 Å². The first-order valence-corrected chi connectivity index (χ1v) is 5.68. The first-order valence-electron chi connectivity index (χ1n) is 5.68. The number of phenols is 1. The number of alkyl halides is 2. The van der Waals surface area contributed by atoms with Crippen molar-refractivity contribution in [3.05, 3.63) is 17.7 Å². The summed E-state index contributed by atoms with van der Waals surface area (Å²) in [5, 5.41) is 18.9.